The number of nitrogens with zero attached hydrogens (tertiary/aromatic N) is 1. The van der Waals surface area contributed by atoms with Crippen LogP contribution in [0.4, 0.5) is 0 Å². The summed E-state index contributed by atoms with van der Waals surface area (Å²) < 4.78 is 10.0. The fourth-order valence-corrected chi connectivity index (χ4v) is 1.65. The Balaban J connectivity index is 2.25. The molecule has 0 bridgehead atoms. The standard InChI is InChI=1S/C11H11NO4/c1-15-10(13)6-9-11(12-14)7-4-2-3-5-8(7)16-9/h2-5,9,14H,6H2,1H3/b12-11-. The average Bonchev–Trinajstić information content (AvgIpc) is 2.65. The number of rotatable bonds is 2. The highest BCUT2D eigenvalue weighted by Crippen LogP contribution is 2.30. The molecule has 0 spiro atoms. The van der Waals surface area contributed by atoms with E-state index in [1.54, 1.807) is 12.1 Å². The summed E-state index contributed by atoms with van der Waals surface area (Å²) in [5.74, 6) is 0.211. The predicted octanol–water partition coefficient (Wildman–Crippen LogP) is 1.19. The second-order valence-electron chi connectivity index (χ2n) is 3.37. The van der Waals surface area contributed by atoms with Gasteiger partial charge in [0.05, 0.1) is 13.5 Å². The highest BCUT2D eigenvalue weighted by molar-refractivity contribution is 6.09. The number of benzene rings is 1. The van der Waals surface area contributed by atoms with E-state index >= 15 is 0 Å². The van der Waals surface area contributed by atoms with Crippen LogP contribution in [0.15, 0.2) is 29.4 Å². The van der Waals surface area contributed by atoms with Crippen molar-refractivity contribution < 1.29 is 19.5 Å². The van der Waals surface area contributed by atoms with Gasteiger partial charge in [0.15, 0.2) is 6.10 Å². The van der Waals surface area contributed by atoms with Gasteiger partial charge < -0.3 is 14.7 Å². The Bertz CT molecular complexity index is 441. The first-order valence-electron chi connectivity index (χ1n) is 4.81. The molecule has 2 rings (SSSR count). The molecule has 1 aliphatic heterocycles. The van der Waals surface area contributed by atoms with E-state index in [4.69, 9.17) is 9.94 Å². The molecule has 0 aliphatic carbocycles. The second kappa shape index (κ2) is 4.22. The van der Waals surface area contributed by atoms with Crippen molar-refractivity contribution in [3.8, 4) is 5.75 Å². The molecule has 5 heteroatoms. The van der Waals surface area contributed by atoms with Crippen molar-refractivity contribution >= 4 is 11.7 Å². The molecule has 0 saturated heterocycles. The SMILES string of the molecule is COC(=O)CC1Oc2ccccc2/C1=N/O. The lowest BCUT2D eigenvalue weighted by Gasteiger charge is -2.08. The summed E-state index contributed by atoms with van der Waals surface area (Å²) in [5, 5.41) is 12.1. The number of hydrogen-bond donors (Lipinski definition) is 1. The molecule has 1 aromatic carbocycles. The number of carbonyl (C=O) groups is 1. The summed E-state index contributed by atoms with van der Waals surface area (Å²) in [5.41, 5.74) is 1.07. The molecule has 84 valence electrons. The van der Waals surface area contributed by atoms with Crippen LogP contribution in [0, 0.1) is 0 Å². The van der Waals surface area contributed by atoms with Gasteiger partial charge in [0.2, 0.25) is 0 Å². The number of oxime groups is 1. The van der Waals surface area contributed by atoms with Crippen LogP contribution in [0.25, 0.3) is 0 Å². The summed E-state index contributed by atoms with van der Waals surface area (Å²) in [6.07, 6.45) is -0.542. The van der Waals surface area contributed by atoms with Crippen molar-refractivity contribution in [2.24, 2.45) is 5.16 Å². The molecule has 1 aromatic rings. The van der Waals surface area contributed by atoms with Gasteiger partial charge in [0.1, 0.15) is 11.5 Å². The predicted molar refractivity (Wildman–Crippen MR) is 55.8 cm³/mol. The van der Waals surface area contributed by atoms with E-state index < -0.39 is 12.1 Å². The summed E-state index contributed by atoms with van der Waals surface area (Å²) in [6.45, 7) is 0. The molecule has 5 nitrogen and oxygen atoms in total. The lowest BCUT2D eigenvalue weighted by molar-refractivity contribution is -0.141. The van der Waals surface area contributed by atoms with E-state index in [1.807, 2.05) is 12.1 Å². The molecule has 1 unspecified atom stereocenters. The van der Waals surface area contributed by atoms with Crippen molar-refractivity contribution in [3.63, 3.8) is 0 Å². The molecule has 1 heterocycles. The molecule has 0 amide bonds. The van der Waals surface area contributed by atoms with E-state index in [9.17, 15) is 4.79 Å². The Kier molecular flexibility index (Phi) is 2.76. The maximum Gasteiger partial charge on any atom is 0.309 e. The molecule has 0 fully saturated rings. The number of carbonyl (C=O) groups excluding carboxylic acids is 1. The summed E-state index contributed by atoms with van der Waals surface area (Å²) >= 11 is 0. The fourth-order valence-electron chi connectivity index (χ4n) is 1.65. The van der Waals surface area contributed by atoms with Gasteiger partial charge in [0, 0.05) is 5.56 Å². The van der Waals surface area contributed by atoms with Gasteiger partial charge in [-0.3, -0.25) is 4.79 Å². The van der Waals surface area contributed by atoms with E-state index in [0.29, 0.717) is 17.0 Å². The minimum Gasteiger partial charge on any atom is -0.483 e. The van der Waals surface area contributed by atoms with Crippen molar-refractivity contribution in [2.45, 2.75) is 12.5 Å². The highest BCUT2D eigenvalue weighted by atomic mass is 16.5. The summed E-state index contributed by atoms with van der Waals surface area (Å²) in [7, 11) is 1.31. The van der Waals surface area contributed by atoms with Gasteiger partial charge in [-0.1, -0.05) is 17.3 Å². The van der Waals surface area contributed by atoms with E-state index in [0.717, 1.165) is 0 Å². The second-order valence-corrected chi connectivity index (χ2v) is 3.37. The van der Waals surface area contributed by atoms with Crippen LogP contribution in [0.5, 0.6) is 5.75 Å². The quantitative estimate of drug-likeness (QED) is 0.462. The van der Waals surface area contributed by atoms with Crippen LogP contribution in [-0.2, 0) is 9.53 Å². The average molecular weight is 221 g/mol. The van der Waals surface area contributed by atoms with Crippen LogP contribution in [-0.4, -0.2) is 30.1 Å². The van der Waals surface area contributed by atoms with Crippen LogP contribution in [0.2, 0.25) is 0 Å². The van der Waals surface area contributed by atoms with Crippen molar-refractivity contribution in [1.82, 2.24) is 0 Å². The first-order valence-corrected chi connectivity index (χ1v) is 4.81. The van der Waals surface area contributed by atoms with Crippen molar-refractivity contribution in [3.05, 3.63) is 29.8 Å². The number of para-hydroxylation sites is 1. The monoisotopic (exact) mass is 221 g/mol. The number of ether oxygens (including phenoxy) is 2. The Morgan fingerprint density at radius 1 is 1.56 bits per heavy atom. The molecular formula is C11H11NO4. The van der Waals surface area contributed by atoms with E-state index in [-0.39, 0.29) is 6.42 Å². The van der Waals surface area contributed by atoms with Crippen LogP contribution < -0.4 is 4.74 Å². The molecule has 0 aromatic heterocycles. The number of fused-ring (bicyclic) bond motifs is 1. The van der Waals surface area contributed by atoms with Crippen LogP contribution in [0.3, 0.4) is 0 Å². The number of methoxy groups -OCH3 is 1. The molecule has 0 saturated carbocycles. The molecule has 1 N–H and O–H groups in total. The molecule has 0 radical (unpaired) electrons. The van der Waals surface area contributed by atoms with Crippen molar-refractivity contribution in [2.75, 3.05) is 7.11 Å². The van der Waals surface area contributed by atoms with E-state index in [1.165, 1.54) is 7.11 Å². The Labute approximate surface area is 92.3 Å². The third kappa shape index (κ3) is 1.71. The van der Waals surface area contributed by atoms with E-state index in [2.05, 4.69) is 9.89 Å². The first kappa shape index (κ1) is 10.5. The smallest absolute Gasteiger partial charge is 0.309 e. The highest BCUT2D eigenvalue weighted by Gasteiger charge is 2.32. The third-order valence-electron chi connectivity index (χ3n) is 2.42. The fraction of sp³-hybridized carbons (Fsp3) is 0.273. The number of esters is 1. The zero-order valence-corrected chi connectivity index (χ0v) is 8.71. The third-order valence-corrected chi connectivity index (χ3v) is 2.42. The molecule has 1 aliphatic rings. The Morgan fingerprint density at radius 2 is 2.31 bits per heavy atom. The normalized spacial score (nSPS) is 20.3. The van der Waals surface area contributed by atoms with Crippen LogP contribution in [0.1, 0.15) is 12.0 Å². The maximum absolute atomic E-state index is 11.1. The Hall–Kier alpha value is -2.04. The molecule has 16 heavy (non-hydrogen) atoms. The van der Waals surface area contributed by atoms with Crippen LogP contribution >= 0.6 is 0 Å². The minimum atomic E-state index is -0.574. The minimum absolute atomic E-state index is 0.0323. The van der Waals surface area contributed by atoms with Gasteiger partial charge >= 0.3 is 5.97 Å². The molecular weight excluding hydrogens is 210 g/mol. The zero-order valence-electron chi connectivity index (χ0n) is 8.71. The lowest BCUT2D eigenvalue weighted by Crippen LogP contribution is -2.25. The topological polar surface area (TPSA) is 68.1 Å². The zero-order chi connectivity index (χ0) is 11.5. The maximum atomic E-state index is 11.1. The van der Waals surface area contributed by atoms with Crippen molar-refractivity contribution in [1.29, 1.82) is 0 Å². The van der Waals surface area contributed by atoms with Gasteiger partial charge in [-0.05, 0) is 12.1 Å². The van der Waals surface area contributed by atoms with Gasteiger partial charge in [-0.15, -0.1) is 0 Å². The van der Waals surface area contributed by atoms with Gasteiger partial charge in [-0.2, -0.15) is 0 Å². The number of hydrogen-bond acceptors (Lipinski definition) is 5. The Morgan fingerprint density at radius 3 is 3.00 bits per heavy atom. The first-order chi connectivity index (χ1) is 7.76. The lowest BCUT2D eigenvalue weighted by atomic mass is 10.1. The van der Waals surface area contributed by atoms with Gasteiger partial charge in [-0.25, -0.2) is 0 Å². The summed E-state index contributed by atoms with van der Waals surface area (Å²) in [6, 6.07) is 7.17. The molecule has 1 atom stereocenters. The largest absolute Gasteiger partial charge is 0.483 e. The van der Waals surface area contributed by atoms with Gasteiger partial charge in [0.25, 0.3) is 0 Å². The summed E-state index contributed by atoms with van der Waals surface area (Å²) in [4.78, 5) is 11.1.